The molecule has 0 amide bonds. The minimum Gasteiger partial charge on any atom is -0.462 e. The first kappa shape index (κ1) is 15.5. The summed E-state index contributed by atoms with van der Waals surface area (Å²) in [5, 5.41) is 0. The number of hydrogen-bond acceptors (Lipinski definition) is 3. The van der Waals surface area contributed by atoms with Gasteiger partial charge < -0.3 is 9.64 Å². The van der Waals surface area contributed by atoms with Gasteiger partial charge in [-0.25, -0.2) is 4.79 Å². The average molecular weight is 263 g/mol. The van der Waals surface area contributed by atoms with E-state index in [1.54, 1.807) is 0 Å². The van der Waals surface area contributed by atoms with Crippen molar-refractivity contribution in [3.05, 3.63) is 29.8 Å². The number of para-hydroxylation sites is 1. The summed E-state index contributed by atoms with van der Waals surface area (Å²) in [7, 11) is 0. The third-order valence-electron chi connectivity index (χ3n) is 3.16. The van der Waals surface area contributed by atoms with Gasteiger partial charge in [0.25, 0.3) is 0 Å². The number of benzene rings is 1. The van der Waals surface area contributed by atoms with E-state index in [0.717, 1.165) is 25.2 Å². The van der Waals surface area contributed by atoms with E-state index in [0.29, 0.717) is 18.1 Å². The van der Waals surface area contributed by atoms with Gasteiger partial charge in [-0.15, -0.1) is 0 Å². The molecule has 1 aromatic rings. The third kappa shape index (κ3) is 4.58. The lowest BCUT2D eigenvalue weighted by Gasteiger charge is -2.23. The zero-order valence-corrected chi connectivity index (χ0v) is 12.5. The maximum atomic E-state index is 12.1. The van der Waals surface area contributed by atoms with Crippen LogP contribution in [0, 0.1) is 5.92 Å². The third-order valence-corrected chi connectivity index (χ3v) is 3.16. The van der Waals surface area contributed by atoms with Gasteiger partial charge in [0.2, 0.25) is 0 Å². The molecule has 19 heavy (non-hydrogen) atoms. The van der Waals surface area contributed by atoms with Crippen LogP contribution in [0.5, 0.6) is 0 Å². The van der Waals surface area contributed by atoms with E-state index in [1.165, 1.54) is 0 Å². The fraction of sp³-hybridized carbons (Fsp3) is 0.562. The summed E-state index contributed by atoms with van der Waals surface area (Å²) >= 11 is 0. The number of anilines is 1. The monoisotopic (exact) mass is 263 g/mol. The lowest BCUT2D eigenvalue weighted by molar-refractivity contribution is 0.0489. The van der Waals surface area contributed by atoms with Crippen LogP contribution in [0.15, 0.2) is 24.3 Å². The molecule has 0 aliphatic heterocycles. The maximum Gasteiger partial charge on any atom is 0.340 e. The van der Waals surface area contributed by atoms with Crippen LogP contribution in [-0.4, -0.2) is 25.7 Å². The lowest BCUT2D eigenvalue weighted by Crippen LogP contribution is -2.24. The van der Waals surface area contributed by atoms with E-state index in [-0.39, 0.29) is 5.97 Å². The molecule has 0 saturated carbocycles. The van der Waals surface area contributed by atoms with Gasteiger partial charge in [0.15, 0.2) is 0 Å². The van der Waals surface area contributed by atoms with Gasteiger partial charge in [-0.2, -0.15) is 0 Å². The molecule has 0 heterocycles. The molecule has 106 valence electrons. The van der Waals surface area contributed by atoms with Crippen molar-refractivity contribution < 1.29 is 9.53 Å². The molecule has 0 aliphatic carbocycles. The second-order valence-corrected chi connectivity index (χ2v) is 5.01. The Morgan fingerprint density at radius 2 is 1.84 bits per heavy atom. The molecule has 0 radical (unpaired) electrons. The van der Waals surface area contributed by atoms with E-state index < -0.39 is 0 Å². The Morgan fingerprint density at radius 3 is 2.42 bits per heavy atom. The molecule has 3 nitrogen and oxygen atoms in total. The Balaban J connectivity index is 2.79. The van der Waals surface area contributed by atoms with Crippen molar-refractivity contribution in [1.82, 2.24) is 0 Å². The second kappa shape index (κ2) is 7.82. The van der Waals surface area contributed by atoms with Crippen molar-refractivity contribution >= 4 is 11.7 Å². The van der Waals surface area contributed by atoms with Crippen LogP contribution < -0.4 is 4.90 Å². The van der Waals surface area contributed by atoms with E-state index >= 15 is 0 Å². The van der Waals surface area contributed by atoms with Crippen LogP contribution in [0.1, 0.15) is 44.5 Å². The van der Waals surface area contributed by atoms with Crippen molar-refractivity contribution in [1.29, 1.82) is 0 Å². The molecular formula is C16H25NO2. The molecule has 0 bridgehead atoms. The first-order valence-corrected chi connectivity index (χ1v) is 7.11. The highest BCUT2D eigenvalue weighted by atomic mass is 16.5. The highest BCUT2D eigenvalue weighted by molar-refractivity contribution is 5.95. The highest BCUT2D eigenvalue weighted by Crippen LogP contribution is 2.21. The zero-order valence-electron chi connectivity index (χ0n) is 12.5. The standard InChI is InChI=1S/C16H25NO2/c1-5-17(6-2)15-10-8-7-9-14(15)16(18)19-12-11-13(3)4/h7-10,13H,5-6,11-12H2,1-4H3. The van der Waals surface area contributed by atoms with Crippen LogP contribution in [0.25, 0.3) is 0 Å². The Morgan fingerprint density at radius 1 is 1.21 bits per heavy atom. The Bertz CT molecular complexity index is 397. The molecular weight excluding hydrogens is 238 g/mol. The lowest BCUT2D eigenvalue weighted by atomic mass is 10.1. The van der Waals surface area contributed by atoms with Crippen molar-refractivity contribution in [3.8, 4) is 0 Å². The van der Waals surface area contributed by atoms with Gasteiger partial charge in [0.1, 0.15) is 0 Å². The van der Waals surface area contributed by atoms with Gasteiger partial charge in [0.05, 0.1) is 17.9 Å². The normalized spacial score (nSPS) is 10.6. The summed E-state index contributed by atoms with van der Waals surface area (Å²) in [6.07, 6.45) is 0.902. The van der Waals surface area contributed by atoms with Crippen LogP contribution in [0.4, 0.5) is 5.69 Å². The summed E-state index contributed by atoms with van der Waals surface area (Å²) < 4.78 is 5.35. The van der Waals surface area contributed by atoms with Gasteiger partial charge >= 0.3 is 5.97 Å². The van der Waals surface area contributed by atoms with E-state index in [1.807, 2.05) is 24.3 Å². The molecule has 1 aromatic carbocycles. The summed E-state index contributed by atoms with van der Waals surface area (Å²) in [5.41, 5.74) is 1.62. The summed E-state index contributed by atoms with van der Waals surface area (Å²) in [4.78, 5) is 14.3. The molecule has 0 atom stereocenters. The Labute approximate surface area is 116 Å². The quantitative estimate of drug-likeness (QED) is 0.702. The van der Waals surface area contributed by atoms with Crippen molar-refractivity contribution in [2.45, 2.75) is 34.1 Å². The molecule has 0 fully saturated rings. The smallest absolute Gasteiger partial charge is 0.340 e. The zero-order chi connectivity index (χ0) is 14.3. The number of nitrogens with zero attached hydrogens (tertiary/aromatic N) is 1. The van der Waals surface area contributed by atoms with Crippen LogP contribution in [-0.2, 0) is 4.74 Å². The van der Waals surface area contributed by atoms with Crippen LogP contribution >= 0.6 is 0 Å². The summed E-state index contributed by atoms with van der Waals surface area (Å²) in [6.45, 7) is 10.7. The maximum absolute atomic E-state index is 12.1. The molecule has 0 aromatic heterocycles. The number of rotatable bonds is 7. The number of ether oxygens (including phenoxy) is 1. The van der Waals surface area contributed by atoms with Crippen molar-refractivity contribution in [2.75, 3.05) is 24.6 Å². The minimum absolute atomic E-state index is 0.219. The van der Waals surface area contributed by atoms with Gasteiger partial charge in [0, 0.05) is 13.1 Å². The number of esters is 1. The van der Waals surface area contributed by atoms with Gasteiger partial charge in [-0.1, -0.05) is 26.0 Å². The van der Waals surface area contributed by atoms with Crippen LogP contribution in [0.3, 0.4) is 0 Å². The molecule has 0 spiro atoms. The van der Waals surface area contributed by atoms with Crippen LogP contribution in [0.2, 0.25) is 0 Å². The predicted molar refractivity (Wildman–Crippen MR) is 79.7 cm³/mol. The number of hydrogen-bond donors (Lipinski definition) is 0. The predicted octanol–water partition coefficient (Wildman–Crippen LogP) is 3.74. The average Bonchev–Trinajstić information content (AvgIpc) is 2.40. The fourth-order valence-corrected chi connectivity index (χ4v) is 1.95. The van der Waals surface area contributed by atoms with E-state index in [4.69, 9.17) is 4.74 Å². The van der Waals surface area contributed by atoms with E-state index in [2.05, 4.69) is 32.6 Å². The number of carbonyl (C=O) groups is 1. The fourth-order valence-electron chi connectivity index (χ4n) is 1.95. The largest absolute Gasteiger partial charge is 0.462 e. The molecule has 0 N–H and O–H groups in total. The topological polar surface area (TPSA) is 29.5 Å². The van der Waals surface area contributed by atoms with Crippen molar-refractivity contribution in [3.63, 3.8) is 0 Å². The SMILES string of the molecule is CCN(CC)c1ccccc1C(=O)OCCC(C)C. The van der Waals surface area contributed by atoms with Crippen molar-refractivity contribution in [2.24, 2.45) is 5.92 Å². The second-order valence-electron chi connectivity index (χ2n) is 5.01. The summed E-state index contributed by atoms with van der Waals surface area (Å²) in [6, 6.07) is 7.65. The Hall–Kier alpha value is -1.51. The highest BCUT2D eigenvalue weighted by Gasteiger charge is 2.15. The minimum atomic E-state index is -0.219. The molecule has 1 rings (SSSR count). The molecule has 3 heteroatoms. The van der Waals surface area contributed by atoms with Gasteiger partial charge in [-0.3, -0.25) is 0 Å². The molecule has 0 saturated heterocycles. The first-order valence-electron chi connectivity index (χ1n) is 7.11. The van der Waals surface area contributed by atoms with Gasteiger partial charge in [-0.05, 0) is 38.3 Å². The Kier molecular flexibility index (Phi) is 6.40. The molecule has 0 aliphatic rings. The number of carbonyl (C=O) groups excluding carboxylic acids is 1. The molecule has 0 unspecified atom stereocenters. The summed E-state index contributed by atoms with van der Waals surface area (Å²) in [5.74, 6) is 0.328. The first-order chi connectivity index (χ1) is 9.10. The van der Waals surface area contributed by atoms with E-state index in [9.17, 15) is 4.79 Å².